The van der Waals surface area contributed by atoms with Crippen LogP contribution in [0.25, 0.3) is 11.0 Å². The van der Waals surface area contributed by atoms with E-state index < -0.39 is 0 Å². The van der Waals surface area contributed by atoms with Crippen LogP contribution >= 0.6 is 0 Å². The largest absolute Gasteiger partial charge is 0.339 e. The molecule has 0 bridgehead atoms. The van der Waals surface area contributed by atoms with Gasteiger partial charge in [0.2, 0.25) is 5.89 Å². The fourth-order valence-electron chi connectivity index (χ4n) is 3.44. The monoisotopic (exact) mass is 339 g/mol. The number of carbonyl (C=O) groups is 1. The summed E-state index contributed by atoms with van der Waals surface area (Å²) in [6, 6.07) is 5.52. The van der Waals surface area contributed by atoms with Crippen molar-refractivity contribution in [2.45, 2.75) is 38.6 Å². The van der Waals surface area contributed by atoms with Crippen LogP contribution in [0.3, 0.4) is 0 Å². The lowest BCUT2D eigenvalue weighted by Gasteiger charge is -2.22. The average Bonchev–Trinajstić information content (AvgIpc) is 3.33. The number of carbonyl (C=O) groups excluding carboxylic acids is 1. The van der Waals surface area contributed by atoms with Gasteiger partial charge in [-0.05, 0) is 25.0 Å². The van der Waals surface area contributed by atoms with E-state index in [0.717, 1.165) is 23.9 Å². The Morgan fingerprint density at radius 1 is 1.36 bits per heavy atom. The number of amides is 1. The van der Waals surface area contributed by atoms with E-state index in [0.29, 0.717) is 23.8 Å². The molecule has 2 aromatic heterocycles. The highest BCUT2D eigenvalue weighted by Gasteiger charge is 2.35. The topological polar surface area (TPSA) is 77.1 Å². The zero-order valence-electron chi connectivity index (χ0n) is 14.6. The highest BCUT2D eigenvalue weighted by atomic mass is 16.5. The number of imidazole rings is 1. The number of aryl methyl sites for hydroxylation is 1. The van der Waals surface area contributed by atoms with Crippen LogP contribution < -0.4 is 0 Å². The summed E-state index contributed by atoms with van der Waals surface area (Å²) in [5.41, 5.74) is 2.34. The zero-order chi connectivity index (χ0) is 17.6. The van der Waals surface area contributed by atoms with E-state index in [1.807, 2.05) is 48.6 Å². The molecule has 1 aliphatic heterocycles. The number of likely N-dealkylation sites (tertiary alicyclic amines) is 1. The lowest BCUT2D eigenvalue weighted by molar-refractivity contribution is 0.0730. The van der Waals surface area contributed by atoms with Crippen LogP contribution in [0.5, 0.6) is 0 Å². The Bertz CT molecular complexity index is 927. The van der Waals surface area contributed by atoms with Gasteiger partial charge in [-0.2, -0.15) is 4.98 Å². The molecule has 0 unspecified atom stereocenters. The van der Waals surface area contributed by atoms with Gasteiger partial charge in [-0.1, -0.05) is 25.1 Å². The molecule has 25 heavy (non-hydrogen) atoms. The number of para-hydroxylation sites is 1. The van der Waals surface area contributed by atoms with Crippen LogP contribution in [0.4, 0.5) is 0 Å². The van der Waals surface area contributed by atoms with Gasteiger partial charge in [-0.25, -0.2) is 4.98 Å². The molecule has 1 aromatic carbocycles. The van der Waals surface area contributed by atoms with Crippen LogP contribution in [-0.4, -0.2) is 37.0 Å². The Hall–Kier alpha value is -2.70. The van der Waals surface area contributed by atoms with Crippen LogP contribution in [0, 0.1) is 0 Å². The van der Waals surface area contributed by atoms with E-state index in [4.69, 9.17) is 4.52 Å². The fraction of sp³-hybridized carbons (Fsp3) is 0.444. The Morgan fingerprint density at radius 2 is 2.20 bits per heavy atom. The van der Waals surface area contributed by atoms with E-state index in [2.05, 4.69) is 15.1 Å². The standard InChI is InChI=1S/C18H21N5O2/c1-11(2)17-20-16(21-25-17)14-8-5-9-23(14)18(24)12-6-4-7-13-15(12)22(3)10-19-13/h4,6-7,10-11,14H,5,8-9H2,1-3H3/t14-/m1/s1. The molecule has 7 heteroatoms. The second-order valence-corrected chi connectivity index (χ2v) is 6.83. The highest BCUT2D eigenvalue weighted by Crippen LogP contribution is 2.33. The molecule has 130 valence electrons. The van der Waals surface area contributed by atoms with Gasteiger partial charge >= 0.3 is 0 Å². The lowest BCUT2D eigenvalue weighted by atomic mass is 10.1. The molecule has 7 nitrogen and oxygen atoms in total. The van der Waals surface area contributed by atoms with Crippen molar-refractivity contribution < 1.29 is 9.32 Å². The van der Waals surface area contributed by atoms with E-state index >= 15 is 0 Å². The van der Waals surface area contributed by atoms with Gasteiger partial charge in [0.25, 0.3) is 5.91 Å². The SMILES string of the molecule is CC(C)c1nc([C@H]2CCCN2C(=O)c2cccc3ncn(C)c23)no1. The number of hydrogen-bond donors (Lipinski definition) is 0. The molecule has 0 spiro atoms. The molecule has 3 aromatic rings. The Balaban J connectivity index is 1.69. The summed E-state index contributed by atoms with van der Waals surface area (Å²) >= 11 is 0. The summed E-state index contributed by atoms with van der Waals surface area (Å²) in [7, 11) is 1.90. The Kier molecular flexibility index (Phi) is 3.78. The minimum absolute atomic E-state index is 0.00685. The quantitative estimate of drug-likeness (QED) is 0.733. The minimum atomic E-state index is -0.132. The van der Waals surface area contributed by atoms with Crippen molar-refractivity contribution in [3.63, 3.8) is 0 Å². The third-order valence-corrected chi connectivity index (χ3v) is 4.73. The molecule has 1 atom stereocenters. The maximum atomic E-state index is 13.2. The summed E-state index contributed by atoms with van der Waals surface area (Å²) < 4.78 is 7.22. The summed E-state index contributed by atoms with van der Waals surface area (Å²) in [6.45, 7) is 4.72. The molecule has 4 rings (SSSR count). The number of benzene rings is 1. The average molecular weight is 339 g/mol. The molecule has 0 radical (unpaired) electrons. The van der Waals surface area contributed by atoms with E-state index in [-0.39, 0.29) is 17.9 Å². The molecule has 0 aliphatic carbocycles. The number of rotatable bonds is 3. The first-order valence-corrected chi connectivity index (χ1v) is 8.60. The normalized spacial score (nSPS) is 17.8. The van der Waals surface area contributed by atoms with E-state index in [9.17, 15) is 4.79 Å². The van der Waals surface area contributed by atoms with Gasteiger partial charge in [0, 0.05) is 19.5 Å². The Morgan fingerprint density at radius 3 is 2.96 bits per heavy atom. The van der Waals surface area contributed by atoms with E-state index in [1.165, 1.54) is 0 Å². The molecule has 1 saturated heterocycles. The van der Waals surface area contributed by atoms with Crippen molar-refractivity contribution in [3.8, 4) is 0 Å². The molecule has 1 amide bonds. The summed E-state index contributed by atoms with van der Waals surface area (Å²) in [5.74, 6) is 1.39. The minimum Gasteiger partial charge on any atom is -0.339 e. The summed E-state index contributed by atoms with van der Waals surface area (Å²) in [4.78, 5) is 23.9. The first-order chi connectivity index (χ1) is 12.1. The third kappa shape index (κ3) is 2.59. The molecular weight excluding hydrogens is 318 g/mol. The van der Waals surface area contributed by atoms with Gasteiger partial charge < -0.3 is 14.0 Å². The fourth-order valence-corrected chi connectivity index (χ4v) is 3.44. The van der Waals surface area contributed by atoms with Crippen molar-refractivity contribution in [3.05, 3.63) is 41.8 Å². The van der Waals surface area contributed by atoms with Gasteiger partial charge in [0.1, 0.15) is 0 Å². The van der Waals surface area contributed by atoms with Gasteiger partial charge in [-0.3, -0.25) is 4.79 Å². The first kappa shape index (κ1) is 15.8. The predicted octanol–water partition coefficient (Wildman–Crippen LogP) is 3.06. The highest BCUT2D eigenvalue weighted by molar-refractivity contribution is 6.05. The maximum Gasteiger partial charge on any atom is 0.256 e. The molecular formula is C18H21N5O2. The first-order valence-electron chi connectivity index (χ1n) is 8.60. The van der Waals surface area contributed by atoms with Gasteiger partial charge in [0.15, 0.2) is 5.82 Å². The number of fused-ring (bicyclic) bond motifs is 1. The lowest BCUT2D eigenvalue weighted by Crippen LogP contribution is -2.31. The van der Waals surface area contributed by atoms with Crippen LogP contribution in [0.1, 0.15) is 60.7 Å². The van der Waals surface area contributed by atoms with Crippen molar-refractivity contribution in [2.24, 2.45) is 7.05 Å². The summed E-state index contributed by atoms with van der Waals surface area (Å²) in [6.07, 6.45) is 3.52. The predicted molar refractivity (Wildman–Crippen MR) is 92.1 cm³/mol. The molecule has 1 fully saturated rings. The molecule has 3 heterocycles. The van der Waals surface area contributed by atoms with Crippen LogP contribution in [0.2, 0.25) is 0 Å². The number of nitrogens with zero attached hydrogens (tertiary/aromatic N) is 5. The van der Waals surface area contributed by atoms with Gasteiger partial charge in [-0.15, -0.1) is 0 Å². The van der Waals surface area contributed by atoms with Crippen molar-refractivity contribution in [2.75, 3.05) is 6.54 Å². The smallest absolute Gasteiger partial charge is 0.256 e. The molecule has 0 N–H and O–H groups in total. The second-order valence-electron chi connectivity index (χ2n) is 6.83. The van der Waals surface area contributed by atoms with Gasteiger partial charge in [0.05, 0.1) is 29.0 Å². The summed E-state index contributed by atoms with van der Waals surface area (Å²) in [5, 5.41) is 4.12. The maximum absolute atomic E-state index is 13.2. The molecule has 1 aliphatic rings. The second kappa shape index (κ2) is 5.98. The zero-order valence-corrected chi connectivity index (χ0v) is 14.6. The Labute approximate surface area is 145 Å². The van der Waals surface area contributed by atoms with Crippen LogP contribution in [0.15, 0.2) is 29.0 Å². The van der Waals surface area contributed by atoms with Crippen molar-refractivity contribution >= 4 is 16.9 Å². The number of aromatic nitrogens is 4. The van der Waals surface area contributed by atoms with Crippen molar-refractivity contribution in [1.29, 1.82) is 0 Å². The third-order valence-electron chi connectivity index (χ3n) is 4.73. The van der Waals surface area contributed by atoms with Crippen LogP contribution in [-0.2, 0) is 7.05 Å². The molecule has 0 saturated carbocycles. The number of hydrogen-bond acceptors (Lipinski definition) is 5. The van der Waals surface area contributed by atoms with Crippen molar-refractivity contribution in [1.82, 2.24) is 24.6 Å². The van der Waals surface area contributed by atoms with E-state index in [1.54, 1.807) is 6.33 Å².